The predicted octanol–water partition coefficient (Wildman–Crippen LogP) is 4.89. The number of unbranched alkanes of at least 4 members (excludes halogenated alkanes) is 12. The van der Waals surface area contributed by atoms with E-state index in [-0.39, 0.29) is 19.2 Å². The molecular weight excluding hydrogens is 355 g/mol. The van der Waals surface area contributed by atoms with Crippen LogP contribution in [0.5, 0.6) is 0 Å². The fourth-order valence-corrected chi connectivity index (χ4v) is 3.94. The van der Waals surface area contributed by atoms with Crippen LogP contribution in [0.15, 0.2) is 0 Å². The van der Waals surface area contributed by atoms with Gasteiger partial charge in [0, 0.05) is 6.42 Å². The maximum Gasteiger partial charge on any atom is 0.305 e. The van der Waals surface area contributed by atoms with E-state index in [1.165, 1.54) is 64.2 Å². The van der Waals surface area contributed by atoms with E-state index in [2.05, 4.69) is 16.0 Å². The lowest BCUT2D eigenvalue weighted by molar-refractivity contribution is -0.215. The number of carbonyl (C=O) groups is 1. The Morgan fingerprint density at radius 2 is 1.46 bits per heavy atom. The van der Waals surface area contributed by atoms with Gasteiger partial charge in [0.1, 0.15) is 12.7 Å². The van der Waals surface area contributed by atoms with Crippen LogP contribution in [0.3, 0.4) is 0 Å². The SMILES string of the molecule is CCCCCCCCCCCCCCCC(=O)OCC1COP(=O)([O-])O1. The molecule has 2 atom stereocenters. The summed E-state index contributed by atoms with van der Waals surface area (Å²) in [5.41, 5.74) is 0. The van der Waals surface area contributed by atoms with Crippen LogP contribution in [0, 0.1) is 0 Å². The molecule has 0 spiro atoms. The Balaban J connectivity index is 1.80. The standard InChI is InChI=1S/C19H37O6P/c1-2-3-4-5-6-7-8-9-10-11-12-13-14-15-19(20)23-16-18-17-24-26(21,22)25-18/h18H,2-17H2,1H3,(H,21,22)/p-1. The second-order valence-corrected chi connectivity index (χ2v) is 8.51. The van der Waals surface area contributed by atoms with Crippen molar-refractivity contribution in [1.82, 2.24) is 0 Å². The average Bonchev–Trinajstić information content (AvgIpc) is 2.96. The van der Waals surface area contributed by atoms with E-state index in [4.69, 9.17) is 4.74 Å². The number of esters is 1. The first-order chi connectivity index (χ1) is 12.5. The first-order valence-electron chi connectivity index (χ1n) is 10.3. The third-order valence-electron chi connectivity index (χ3n) is 4.61. The molecular formula is C19H36O6P-. The topological polar surface area (TPSA) is 84.9 Å². The summed E-state index contributed by atoms with van der Waals surface area (Å²) >= 11 is 0. The third-order valence-corrected chi connectivity index (χ3v) is 5.63. The van der Waals surface area contributed by atoms with E-state index in [1.807, 2.05) is 0 Å². The van der Waals surface area contributed by atoms with Gasteiger partial charge in [0.25, 0.3) is 7.82 Å². The Bertz CT molecular complexity index is 415. The van der Waals surface area contributed by atoms with Gasteiger partial charge >= 0.3 is 5.97 Å². The summed E-state index contributed by atoms with van der Waals surface area (Å²) in [4.78, 5) is 22.5. The molecule has 0 aromatic heterocycles. The molecule has 7 heteroatoms. The van der Waals surface area contributed by atoms with E-state index in [9.17, 15) is 14.3 Å². The first kappa shape index (κ1) is 23.6. The van der Waals surface area contributed by atoms with Gasteiger partial charge in [-0.2, -0.15) is 0 Å². The van der Waals surface area contributed by atoms with Crippen LogP contribution in [-0.4, -0.2) is 25.3 Å². The van der Waals surface area contributed by atoms with Gasteiger partial charge in [0.15, 0.2) is 0 Å². The number of hydrogen-bond acceptors (Lipinski definition) is 6. The molecule has 1 aliphatic heterocycles. The molecule has 2 unspecified atom stereocenters. The quantitative estimate of drug-likeness (QED) is 0.211. The highest BCUT2D eigenvalue weighted by Crippen LogP contribution is 2.45. The van der Waals surface area contributed by atoms with Gasteiger partial charge in [0.05, 0.1) is 6.61 Å². The molecule has 0 N–H and O–H groups in total. The third kappa shape index (κ3) is 12.9. The molecule has 6 nitrogen and oxygen atoms in total. The molecule has 1 rings (SSSR count). The molecule has 1 fully saturated rings. The van der Waals surface area contributed by atoms with Crippen LogP contribution in [-0.2, 0) is 23.1 Å². The Morgan fingerprint density at radius 3 is 1.92 bits per heavy atom. The Labute approximate surface area is 158 Å². The van der Waals surface area contributed by atoms with Crippen LogP contribution in [0.2, 0.25) is 0 Å². The molecule has 1 aliphatic rings. The zero-order chi connectivity index (χ0) is 19.1. The molecule has 0 aromatic carbocycles. The smallest absolute Gasteiger partial charge is 0.305 e. The molecule has 26 heavy (non-hydrogen) atoms. The lowest BCUT2D eigenvalue weighted by atomic mass is 10.0. The van der Waals surface area contributed by atoms with E-state index in [1.54, 1.807) is 0 Å². The van der Waals surface area contributed by atoms with Crippen molar-refractivity contribution < 1.29 is 28.0 Å². The molecule has 0 saturated carbocycles. The molecule has 154 valence electrons. The molecule has 0 aromatic rings. The van der Waals surface area contributed by atoms with Gasteiger partial charge in [-0.15, -0.1) is 0 Å². The second kappa shape index (κ2) is 14.6. The van der Waals surface area contributed by atoms with Crippen LogP contribution in [0.25, 0.3) is 0 Å². The fraction of sp³-hybridized carbons (Fsp3) is 0.947. The number of hydrogen-bond donors (Lipinski definition) is 0. The molecule has 0 radical (unpaired) electrons. The Morgan fingerprint density at radius 1 is 0.962 bits per heavy atom. The fourth-order valence-electron chi connectivity index (χ4n) is 3.04. The number of phosphoric acid groups is 1. The van der Waals surface area contributed by atoms with Crippen molar-refractivity contribution in [2.24, 2.45) is 0 Å². The van der Waals surface area contributed by atoms with Crippen molar-refractivity contribution in [3.05, 3.63) is 0 Å². The highest BCUT2D eigenvalue weighted by molar-refractivity contribution is 7.46. The Hall–Kier alpha value is -0.420. The number of rotatable bonds is 16. The largest absolute Gasteiger partial charge is 0.756 e. The predicted molar refractivity (Wildman–Crippen MR) is 99.7 cm³/mol. The summed E-state index contributed by atoms with van der Waals surface area (Å²) in [7, 11) is -4.15. The summed E-state index contributed by atoms with van der Waals surface area (Å²) < 4.78 is 25.0. The monoisotopic (exact) mass is 391 g/mol. The summed E-state index contributed by atoms with van der Waals surface area (Å²) in [6, 6.07) is 0. The van der Waals surface area contributed by atoms with Gasteiger partial charge < -0.3 is 18.7 Å². The second-order valence-electron chi connectivity index (χ2n) is 7.15. The van der Waals surface area contributed by atoms with Crippen molar-refractivity contribution in [2.45, 2.75) is 103 Å². The van der Waals surface area contributed by atoms with E-state index >= 15 is 0 Å². The first-order valence-corrected chi connectivity index (χ1v) is 11.8. The summed E-state index contributed by atoms with van der Waals surface area (Å²) in [6.07, 6.45) is 16.1. The summed E-state index contributed by atoms with van der Waals surface area (Å²) in [5.74, 6) is -0.302. The van der Waals surface area contributed by atoms with Gasteiger partial charge in [0.2, 0.25) is 0 Å². The number of ether oxygens (including phenoxy) is 1. The molecule has 0 aliphatic carbocycles. The van der Waals surface area contributed by atoms with Crippen molar-refractivity contribution in [2.75, 3.05) is 13.2 Å². The summed E-state index contributed by atoms with van der Waals surface area (Å²) in [5, 5.41) is 0. The van der Waals surface area contributed by atoms with Crippen molar-refractivity contribution in [3.8, 4) is 0 Å². The van der Waals surface area contributed by atoms with E-state index in [0.29, 0.717) is 6.42 Å². The van der Waals surface area contributed by atoms with Crippen molar-refractivity contribution in [1.29, 1.82) is 0 Å². The van der Waals surface area contributed by atoms with Crippen molar-refractivity contribution in [3.63, 3.8) is 0 Å². The molecule has 1 saturated heterocycles. The van der Waals surface area contributed by atoms with Crippen LogP contribution in [0.4, 0.5) is 0 Å². The van der Waals surface area contributed by atoms with Crippen LogP contribution >= 0.6 is 7.82 Å². The van der Waals surface area contributed by atoms with E-state index < -0.39 is 13.9 Å². The lowest BCUT2D eigenvalue weighted by Gasteiger charge is -2.14. The normalized spacial score (nSPS) is 22.6. The highest BCUT2D eigenvalue weighted by Gasteiger charge is 2.28. The number of phosphoric ester groups is 1. The summed E-state index contributed by atoms with van der Waals surface area (Å²) in [6.45, 7) is 2.11. The lowest BCUT2D eigenvalue weighted by Crippen LogP contribution is -2.20. The zero-order valence-corrected chi connectivity index (χ0v) is 17.2. The van der Waals surface area contributed by atoms with Crippen molar-refractivity contribution >= 4 is 13.8 Å². The van der Waals surface area contributed by atoms with Gasteiger partial charge in [-0.1, -0.05) is 84.0 Å². The van der Waals surface area contributed by atoms with E-state index in [0.717, 1.165) is 19.3 Å². The molecule has 0 amide bonds. The maximum absolute atomic E-state index is 11.6. The van der Waals surface area contributed by atoms with Crippen LogP contribution < -0.4 is 4.89 Å². The molecule has 0 bridgehead atoms. The van der Waals surface area contributed by atoms with Gasteiger partial charge in [-0.3, -0.25) is 9.36 Å². The van der Waals surface area contributed by atoms with Gasteiger partial charge in [-0.05, 0) is 6.42 Å². The number of carbonyl (C=O) groups excluding carboxylic acids is 1. The van der Waals surface area contributed by atoms with Crippen LogP contribution in [0.1, 0.15) is 96.8 Å². The maximum atomic E-state index is 11.6. The highest BCUT2D eigenvalue weighted by atomic mass is 31.2. The Kier molecular flexibility index (Phi) is 13.3. The minimum Gasteiger partial charge on any atom is -0.756 e. The molecule has 1 heterocycles. The minimum absolute atomic E-state index is 0.0660. The average molecular weight is 391 g/mol. The zero-order valence-electron chi connectivity index (χ0n) is 16.3. The minimum atomic E-state index is -4.15. The van der Waals surface area contributed by atoms with Gasteiger partial charge in [-0.25, -0.2) is 0 Å².